The fourth-order valence-electron chi connectivity index (χ4n) is 2.81. The zero-order valence-electron chi connectivity index (χ0n) is 18.2. The molecule has 0 aliphatic rings. The monoisotopic (exact) mass is 445 g/mol. The SMILES string of the molecule is Cc1ccc(S(=O)(=O)N(CCCCC[Si]c2ccccc2)C(=O)OC(C)(C)C)cc1. The van der Waals surface area contributed by atoms with E-state index >= 15 is 0 Å². The van der Waals surface area contributed by atoms with Crippen molar-refractivity contribution in [1.82, 2.24) is 4.31 Å². The normalized spacial score (nSPS) is 11.9. The van der Waals surface area contributed by atoms with E-state index in [1.807, 2.05) is 25.1 Å². The molecule has 2 rings (SSSR count). The van der Waals surface area contributed by atoms with Crippen molar-refractivity contribution in [2.45, 2.75) is 63.5 Å². The van der Waals surface area contributed by atoms with Gasteiger partial charge >= 0.3 is 6.09 Å². The number of hydrogen-bond donors (Lipinski definition) is 0. The molecule has 0 aromatic heterocycles. The van der Waals surface area contributed by atoms with Gasteiger partial charge in [0.25, 0.3) is 10.0 Å². The highest BCUT2D eigenvalue weighted by Gasteiger charge is 2.32. The van der Waals surface area contributed by atoms with Gasteiger partial charge in [-0.1, -0.05) is 72.1 Å². The van der Waals surface area contributed by atoms with Gasteiger partial charge in [0.1, 0.15) is 5.60 Å². The van der Waals surface area contributed by atoms with Crippen molar-refractivity contribution in [3.8, 4) is 0 Å². The van der Waals surface area contributed by atoms with Gasteiger partial charge in [-0.25, -0.2) is 17.5 Å². The van der Waals surface area contributed by atoms with Crippen LogP contribution in [0.5, 0.6) is 0 Å². The third-order valence-electron chi connectivity index (χ3n) is 4.35. The lowest BCUT2D eigenvalue weighted by molar-refractivity contribution is 0.0389. The summed E-state index contributed by atoms with van der Waals surface area (Å²) in [6.45, 7) is 7.18. The minimum absolute atomic E-state index is 0.101. The first-order valence-corrected chi connectivity index (χ1v) is 12.9. The first-order chi connectivity index (χ1) is 14.1. The average molecular weight is 446 g/mol. The van der Waals surface area contributed by atoms with E-state index in [4.69, 9.17) is 4.74 Å². The number of carbonyl (C=O) groups excluding carboxylic acids is 1. The number of carbonyl (C=O) groups is 1. The molecule has 0 saturated heterocycles. The Bertz CT molecular complexity index is 906. The van der Waals surface area contributed by atoms with Gasteiger partial charge < -0.3 is 4.74 Å². The maximum Gasteiger partial charge on any atom is 0.424 e. The zero-order valence-corrected chi connectivity index (χ0v) is 20.0. The highest BCUT2D eigenvalue weighted by molar-refractivity contribution is 7.89. The van der Waals surface area contributed by atoms with Gasteiger partial charge in [0, 0.05) is 6.54 Å². The van der Waals surface area contributed by atoms with Crippen molar-refractivity contribution in [2.75, 3.05) is 6.54 Å². The summed E-state index contributed by atoms with van der Waals surface area (Å²) in [6, 6.07) is 17.9. The van der Waals surface area contributed by atoms with Crippen LogP contribution in [-0.4, -0.2) is 40.5 Å². The summed E-state index contributed by atoms with van der Waals surface area (Å²) in [7, 11) is -3.22. The number of nitrogens with zero attached hydrogens (tertiary/aromatic N) is 1. The van der Waals surface area contributed by atoms with E-state index in [1.54, 1.807) is 32.9 Å². The van der Waals surface area contributed by atoms with Crippen LogP contribution in [0.25, 0.3) is 0 Å². The zero-order chi connectivity index (χ0) is 22.2. The Hall–Kier alpha value is -2.12. The lowest BCUT2D eigenvalue weighted by Gasteiger charge is -2.27. The maximum atomic E-state index is 13.1. The molecule has 30 heavy (non-hydrogen) atoms. The summed E-state index contributed by atoms with van der Waals surface area (Å²) < 4.78 is 32.5. The predicted octanol–water partition coefficient (Wildman–Crippen LogP) is 4.54. The second-order valence-electron chi connectivity index (χ2n) is 8.22. The average Bonchev–Trinajstić information content (AvgIpc) is 2.67. The summed E-state index contributed by atoms with van der Waals surface area (Å²) in [5.74, 6) is 0. The van der Waals surface area contributed by atoms with Crippen LogP contribution in [0, 0.1) is 6.92 Å². The van der Waals surface area contributed by atoms with Crippen LogP contribution in [0.1, 0.15) is 45.6 Å². The molecule has 0 unspecified atom stereocenters. The smallest absolute Gasteiger partial charge is 0.424 e. The molecule has 0 aliphatic heterocycles. The molecule has 7 heteroatoms. The fourth-order valence-corrected chi connectivity index (χ4v) is 5.29. The second kappa shape index (κ2) is 10.8. The van der Waals surface area contributed by atoms with Gasteiger partial charge in [-0.05, 0) is 46.2 Å². The highest BCUT2D eigenvalue weighted by Crippen LogP contribution is 2.21. The number of benzene rings is 2. The molecule has 0 atom stereocenters. The largest absolute Gasteiger partial charge is 0.443 e. The van der Waals surface area contributed by atoms with Crippen LogP contribution in [0.4, 0.5) is 4.79 Å². The van der Waals surface area contributed by atoms with Crippen molar-refractivity contribution < 1.29 is 17.9 Å². The lowest BCUT2D eigenvalue weighted by Crippen LogP contribution is -2.41. The number of aryl methyl sites for hydroxylation is 1. The molecule has 0 saturated carbocycles. The Labute approximate surface area is 183 Å². The standard InChI is InChI=1S/C23H31NO4SSi/c1-19-13-15-20(16-14-19)29(26,27)24(22(25)28-23(2,3)4)17-9-6-10-18-30-21-11-7-5-8-12-21/h5,7-8,11-16H,6,9-10,17-18H2,1-4H3. The van der Waals surface area contributed by atoms with Crippen molar-refractivity contribution in [1.29, 1.82) is 0 Å². The van der Waals surface area contributed by atoms with Gasteiger partial charge in [0.2, 0.25) is 0 Å². The number of sulfonamides is 1. The van der Waals surface area contributed by atoms with Crippen LogP contribution in [0.3, 0.4) is 0 Å². The van der Waals surface area contributed by atoms with E-state index in [0.29, 0.717) is 6.42 Å². The molecule has 5 nitrogen and oxygen atoms in total. The van der Waals surface area contributed by atoms with E-state index in [2.05, 4.69) is 12.1 Å². The summed E-state index contributed by atoms with van der Waals surface area (Å²) in [5, 5.41) is 1.33. The van der Waals surface area contributed by atoms with E-state index in [9.17, 15) is 13.2 Å². The van der Waals surface area contributed by atoms with Crippen LogP contribution < -0.4 is 5.19 Å². The first-order valence-electron chi connectivity index (χ1n) is 10.2. The van der Waals surface area contributed by atoms with Gasteiger partial charge in [0.05, 0.1) is 14.4 Å². The third-order valence-corrected chi connectivity index (χ3v) is 7.47. The molecule has 2 radical (unpaired) electrons. The summed E-state index contributed by atoms with van der Waals surface area (Å²) in [6.07, 6.45) is 1.61. The molecule has 162 valence electrons. The summed E-state index contributed by atoms with van der Waals surface area (Å²) in [4.78, 5) is 12.8. The number of rotatable bonds is 9. The molecule has 0 aliphatic carbocycles. The van der Waals surface area contributed by atoms with Gasteiger partial charge in [-0.2, -0.15) is 0 Å². The van der Waals surface area contributed by atoms with E-state index < -0.39 is 21.7 Å². The quantitative estimate of drug-likeness (QED) is 0.420. The van der Waals surface area contributed by atoms with Crippen molar-refractivity contribution in [3.63, 3.8) is 0 Å². The van der Waals surface area contributed by atoms with E-state index in [1.165, 1.54) is 17.3 Å². The van der Waals surface area contributed by atoms with Gasteiger partial charge in [-0.3, -0.25) is 0 Å². The molecular formula is C23H31NO4SSi. The van der Waals surface area contributed by atoms with Crippen LogP contribution in [-0.2, 0) is 14.8 Å². The highest BCUT2D eigenvalue weighted by atomic mass is 32.2. The van der Waals surface area contributed by atoms with Crippen molar-refractivity contribution in [2.24, 2.45) is 0 Å². The number of amides is 1. The molecule has 0 bridgehead atoms. The Morgan fingerprint density at radius 3 is 2.20 bits per heavy atom. The molecule has 0 spiro atoms. The number of hydrogen-bond acceptors (Lipinski definition) is 4. The molecule has 0 N–H and O–H groups in total. The number of ether oxygens (including phenoxy) is 1. The van der Waals surface area contributed by atoms with Crippen LogP contribution in [0.15, 0.2) is 59.5 Å². The van der Waals surface area contributed by atoms with Crippen LogP contribution >= 0.6 is 0 Å². The minimum Gasteiger partial charge on any atom is -0.443 e. The number of unbranched alkanes of at least 4 members (excludes halogenated alkanes) is 2. The first kappa shape index (κ1) is 24.1. The van der Waals surface area contributed by atoms with Crippen LogP contribution in [0.2, 0.25) is 6.04 Å². The van der Waals surface area contributed by atoms with Gasteiger partial charge in [0.15, 0.2) is 0 Å². The Balaban J connectivity index is 1.99. The topological polar surface area (TPSA) is 63.7 Å². The lowest BCUT2D eigenvalue weighted by atomic mass is 10.2. The van der Waals surface area contributed by atoms with Gasteiger partial charge in [-0.15, -0.1) is 0 Å². The van der Waals surface area contributed by atoms with E-state index in [-0.39, 0.29) is 11.4 Å². The second-order valence-corrected chi connectivity index (χ2v) is 11.5. The minimum atomic E-state index is -3.96. The maximum absolute atomic E-state index is 13.1. The molecular weight excluding hydrogens is 414 g/mol. The third kappa shape index (κ3) is 7.61. The van der Waals surface area contributed by atoms with Crippen molar-refractivity contribution in [3.05, 3.63) is 60.2 Å². The molecule has 0 heterocycles. The summed E-state index contributed by atoms with van der Waals surface area (Å²) in [5.41, 5.74) is 0.187. The Kier molecular flexibility index (Phi) is 8.67. The summed E-state index contributed by atoms with van der Waals surface area (Å²) >= 11 is 0. The predicted molar refractivity (Wildman–Crippen MR) is 122 cm³/mol. The molecule has 2 aromatic carbocycles. The Morgan fingerprint density at radius 1 is 0.967 bits per heavy atom. The Morgan fingerprint density at radius 2 is 1.60 bits per heavy atom. The molecule has 0 fully saturated rings. The van der Waals surface area contributed by atoms with Crippen molar-refractivity contribution >= 4 is 30.8 Å². The molecule has 1 amide bonds. The molecule has 2 aromatic rings. The fraction of sp³-hybridized carbons (Fsp3) is 0.435. The van der Waals surface area contributed by atoms with E-state index in [0.717, 1.165) is 38.3 Å².